The maximum atomic E-state index is 14.6. The molecule has 32 heavy (non-hydrogen) atoms. The number of amidine groups is 1. The normalized spacial score (nSPS) is 21.5. The molecule has 1 aliphatic heterocycles. The highest BCUT2D eigenvalue weighted by molar-refractivity contribution is 7.85. The minimum Gasteiger partial charge on any atom is -0.386 e. The van der Waals surface area contributed by atoms with Crippen molar-refractivity contribution in [1.29, 1.82) is 0 Å². The maximum absolute atomic E-state index is 14.6. The summed E-state index contributed by atoms with van der Waals surface area (Å²) in [7, 11) is 0.101. The van der Waals surface area contributed by atoms with Gasteiger partial charge in [-0.25, -0.2) is 22.9 Å². The fourth-order valence-electron chi connectivity index (χ4n) is 2.99. The van der Waals surface area contributed by atoms with E-state index in [1.165, 1.54) is 16.4 Å². The molecular formula is C19H20F4N6O2S. The summed E-state index contributed by atoms with van der Waals surface area (Å²) in [6.45, 7) is 3.44. The lowest BCUT2D eigenvalue weighted by molar-refractivity contribution is -0.141. The van der Waals surface area contributed by atoms with Gasteiger partial charge >= 0.3 is 6.18 Å². The SMILES string of the molecule is CN1CC(c2cc(NC(=O)c3cnc(C(F)(F)F)cn3)ccc2F)N=C(N)C(C)(C)S1=O. The molecule has 0 bridgehead atoms. The average Bonchev–Trinajstić information content (AvgIpc) is 2.79. The van der Waals surface area contributed by atoms with Crippen molar-refractivity contribution in [2.24, 2.45) is 10.7 Å². The third-order valence-electron chi connectivity index (χ3n) is 4.85. The molecule has 0 fully saturated rings. The minimum atomic E-state index is -4.68. The number of benzene rings is 1. The summed E-state index contributed by atoms with van der Waals surface area (Å²) in [5, 5.41) is 2.44. The van der Waals surface area contributed by atoms with Crippen molar-refractivity contribution in [3.63, 3.8) is 0 Å². The van der Waals surface area contributed by atoms with E-state index in [0.29, 0.717) is 12.4 Å². The van der Waals surface area contributed by atoms with E-state index in [2.05, 4.69) is 20.3 Å². The zero-order valence-electron chi connectivity index (χ0n) is 17.3. The van der Waals surface area contributed by atoms with Crippen molar-refractivity contribution in [3.8, 4) is 0 Å². The topological polar surface area (TPSA) is 114 Å². The average molecular weight is 472 g/mol. The van der Waals surface area contributed by atoms with Crippen LogP contribution >= 0.6 is 0 Å². The predicted molar refractivity (Wildman–Crippen MR) is 111 cm³/mol. The molecular weight excluding hydrogens is 452 g/mol. The second-order valence-electron chi connectivity index (χ2n) is 7.58. The number of carbonyl (C=O) groups is 1. The Bertz CT molecular complexity index is 1090. The molecule has 2 unspecified atom stereocenters. The number of aliphatic imine (C=N–C) groups is 1. The molecule has 0 saturated heterocycles. The van der Waals surface area contributed by atoms with Crippen LogP contribution < -0.4 is 11.1 Å². The Morgan fingerprint density at radius 1 is 1.28 bits per heavy atom. The third-order valence-corrected chi connectivity index (χ3v) is 6.65. The first-order valence-corrected chi connectivity index (χ1v) is 10.4. The van der Waals surface area contributed by atoms with Gasteiger partial charge in [-0.3, -0.25) is 9.79 Å². The van der Waals surface area contributed by atoms with Gasteiger partial charge in [0, 0.05) is 17.8 Å². The number of likely N-dealkylation sites (N-methyl/N-ethyl adjacent to an activating group) is 1. The van der Waals surface area contributed by atoms with Crippen LogP contribution in [0.4, 0.5) is 23.2 Å². The van der Waals surface area contributed by atoms with Gasteiger partial charge in [-0.15, -0.1) is 0 Å². The number of nitrogens with one attached hydrogen (secondary N) is 1. The van der Waals surface area contributed by atoms with E-state index in [1.54, 1.807) is 20.9 Å². The van der Waals surface area contributed by atoms with Crippen LogP contribution in [0.15, 0.2) is 35.6 Å². The van der Waals surface area contributed by atoms with E-state index in [1.807, 2.05) is 0 Å². The third kappa shape index (κ3) is 4.78. The molecule has 1 aromatic heterocycles. The maximum Gasteiger partial charge on any atom is 0.434 e. The van der Waals surface area contributed by atoms with E-state index in [4.69, 9.17) is 5.73 Å². The van der Waals surface area contributed by atoms with Gasteiger partial charge < -0.3 is 11.1 Å². The van der Waals surface area contributed by atoms with Gasteiger partial charge in [-0.05, 0) is 39.1 Å². The molecule has 1 aliphatic rings. The molecule has 0 spiro atoms. The Labute approximate surface area is 183 Å². The quantitative estimate of drug-likeness (QED) is 0.667. The number of carbonyl (C=O) groups excluding carboxylic acids is 1. The number of nitrogens with two attached hydrogens (primary N) is 1. The zero-order valence-corrected chi connectivity index (χ0v) is 18.1. The minimum absolute atomic E-state index is 0.0963. The van der Waals surface area contributed by atoms with Crippen LogP contribution in [-0.2, 0) is 17.2 Å². The molecule has 2 heterocycles. The molecule has 3 N–H and O–H groups in total. The van der Waals surface area contributed by atoms with Gasteiger partial charge in [0.25, 0.3) is 5.91 Å². The Morgan fingerprint density at radius 3 is 2.56 bits per heavy atom. The van der Waals surface area contributed by atoms with E-state index in [9.17, 15) is 26.6 Å². The van der Waals surface area contributed by atoms with E-state index < -0.39 is 45.4 Å². The van der Waals surface area contributed by atoms with Crippen LogP contribution in [0, 0.1) is 5.82 Å². The Morgan fingerprint density at radius 2 is 1.97 bits per heavy atom. The zero-order chi connectivity index (χ0) is 23.8. The number of alkyl halides is 3. The van der Waals surface area contributed by atoms with Crippen LogP contribution in [0.5, 0.6) is 0 Å². The lowest BCUT2D eigenvalue weighted by atomic mass is 10.0. The summed E-state index contributed by atoms with van der Waals surface area (Å²) < 4.78 is 65.6. The number of nitrogens with zero attached hydrogens (tertiary/aromatic N) is 4. The standard InChI is InChI=1S/C19H20F4N6O2S/c1-18(2)17(24)28-14(9-29(3)32(18)31)11-6-10(4-5-12(11)20)27-16(30)13-7-26-15(8-25-13)19(21,22)23/h4-8,14H,9H2,1-3H3,(H2,24,28)(H,27,30). The van der Waals surface area contributed by atoms with Gasteiger partial charge in [0.05, 0.1) is 18.4 Å². The van der Waals surface area contributed by atoms with Crippen LogP contribution in [0.2, 0.25) is 0 Å². The second-order valence-corrected chi connectivity index (χ2v) is 9.72. The molecule has 0 saturated carbocycles. The fourth-order valence-corrected chi connectivity index (χ4v) is 4.27. The summed E-state index contributed by atoms with van der Waals surface area (Å²) in [5.41, 5.74) is 4.71. The number of aromatic nitrogens is 2. The lowest BCUT2D eigenvalue weighted by Gasteiger charge is -2.25. The first-order chi connectivity index (χ1) is 14.8. The molecule has 1 aromatic carbocycles. The van der Waals surface area contributed by atoms with Crippen molar-refractivity contribution >= 4 is 28.4 Å². The van der Waals surface area contributed by atoms with E-state index in [0.717, 1.165) is 6.07 Å². The largest absolute Gasteiger partial charge is 0.434 e. The monoisotopic (exact) mass is 472 g/mol. The predicted octanol–water partition coefficient (Wildman–Crippen LogP) is 2.67. The van der Waals surface area contributed by atoms with E-state index >= 15 is 0 Å². The highest BCUT2D eigenvalue weighted by Gasteiger charge is 2.38. The van der Waals surface area contributed by atoms with Gasteiger partial charge in [0.2, 0.25) is 0 Å². The highest BCUT2D eigenvalue weighted by Crippen LogP contribution is 2.31. The van der Waals surface area contributed by atoms with Crippen LogP contribution in [0.3, 0.4) is 0 Å². The summed E-state index contributed by atoms with van der Waals surface area (Å²) in [6.07, 6.45) is -3.53. The Kier molecular flexibility index (Phi) is 6.33. The molecule has 2 aromatic rings. The molecule has 13 heteroatoms. The molecule has 0 aliphatic carbocycles. The molecule has 8 nitrogen and oxygen atoms in total. The molecule has 1 amide bonds. The first kappa shape index (κ1) is 23.7. The summed E-state index contributed by atoms with van der Waals surface area (Å²) in [6, 6.07) is 2.93. The van der Waals surface area contributed by atoms with Crippen LogP contribution in [0.1, 0.15) is 41.6 Å². The van der Waals surface area contributed by atoms with Crippen LogP contribution in [0.25, 0.3) is 0 Å². The summed E-state index contributed by atoms with van der Waals surface area (Å²) in [5.74, 6) is -1.34. The van der Waals surface area contributed by atoms with Crippen molar-refractivity contribution in [2.75, 3.05) is 18.9 Å². The molecule has 3 rings (SSSR count). The Balaban J connectivity index is 1.87. The van der Waals surface area contributed by atoms with Gasteiger partial charge in [0.15, 0.2) is 5.69 Å². The van der Waals surface area contributed by atoms with Crippen LogP contribution in [-0.4, -0.2) is 48.6 Å². The Hall–Kier alpha value is -2.93. The fraction of sp³-hybridized carbons (Fsp3) is 0.368. The number of anilines is 1. The summed E-state index contributed by atoms with van der Waals surface area (Å²) in [4.78, 5) is 23.4. The van der Waals surface area contributed by atoms with Gasteiger partial charge in [-0.2, -0.15) is 13.2 Å². The van der Waals surface area contributed by atoms with Gasteiger partial charge in [0.1, 0.15) is 33.1 Å². The summed E-state index contributed by atoms with van der Waals surface area (Å²) >= 11 is 0. The molecule has 0 radical (unpaired) electrons. The number of hydrogen-bond donors (Lipinski definition) is 2. The highest BCUT2D eigenvalue weighted by atomic mass is 32.2. The van der Waals surface area contributed by atoms with Crippen molar-refractivity contribution in [1.82, 2.24) is 14.3 Å². The van der Waals surface area contributed by atoms with E-state index in [-0.39, 0.29) is 29.3 Å². The second kappa shape index (κ2) is 8.54. The number of halogens is 4. The lowest BCUT2D eigenvalue weighted by Crippen LogP contribution is -2.45. The molecule has 2 atom stereocenters. The van der Waals surface area contributed by atoms with Gasteiger partial charge in [-0.1, -0.05) is 0 Å². The van der Waals surface area contributed by atoms with Crippen molar-refractivity contribution < 1.29 is 26.6 Å². The number of rotatable bonds is 3. The number of hydrogen-bond acceptors (Lipinski definition) is 6. The van der Waals surface area contributed by atoms with Crippen molar-refractivity contribution in [2.45, 2.75) is 30.8 Å². The first-order valence-electron chi connectivity index (χ1n) is 9.27. The number of amides is 1. The molecule has 172 valence electrons. The smallest absolute Gasteiger partial charge is 0.386 e. The van der Waals surface area contributed by atoms with Crippen molar-refractivity contribution in [3.05, 3.63) is 53.4 Å².